The van der Waals surface area contributed by atoms with Gasteiger partial charge in [-0.3, -0.25) is 0 Å². The van der Waals surface area contributed by atoms with Gasteiger partial charge in [-0.1, -0.05) is 12.1 Å². The Bertz CT molecular complexity index is 1200. The van der Waals surface area contributed by atoms with Gasteiger partial charge in [0.1, 0.15) is 6.07 Å². The maximum atomic E-state index is 9.28. The Hall–Kier alpha value is -4.50. The fraction of sp³-hybridized carbons (Fsp3) is 0. The second-order valence-corrected chi connectivity index (χ2v) is 5.43. The lowest BCUT2D eigenvalue weighted by molar-refractivity contribution is 0.314. The first-order valence-electron chi connectivity index (χ1n) is 7.80. The van der Waals surface area contributed by atoms with Gasteiger partial charge in [-0.05, 0) is 46.7 Å². The zero-order chi connectivity index (χ0) is 18.6. The molecule has 0 aliphatic heterocycles. The molecule has 4 rings (SSSR count). The SMILES string of the molecule is N#Cc1ccc(Nc2nc3nonc3nc2Nc2ccccc2C#N)cc1. The Morgan fingerprint density at radius 3 is 2.11 bits per heavy atom. The number of fused-ring (bicyclic) bond motifs is 1. The van der Waals surface area contributed by atoms with E-state index in [2.05, 4.69) is 47.7 Å². The van der Waals surface area contributed by atoms with Gasteiger partial charge in [-0.15, -0.1) is 0 Å². The fourth-order valence-electron chi connectivity index (χ4n) is 2.39. The first-order chi connectivity index (χ1) is 13.3. The van der Waals surface area contributed by atoms with E-state index >= 15 is 0 Å². The maximum Gasteiger partial charge on any atom is 0.245 e. The van der Waals surface area contributed by atoms with Crippen molar-refractivity contribution in [3.8, 4) is 12.1 Å². The molecule has 0 saturated carbocycles. The summed E-state index contributed by atoms with van der Waals surface area (Å²) < 4.78 is 4.68. The number of aromatic nitrogens is 4. The topological polar surface area (TPSA) is 136 Å². The average molecular weight is 354 g/mol. The highest BCUT2D eigenvalue weighted by molar-refractivity contribution is 5.80. The molecule has 0 radical (unpaired) electrons. The van der Waals surface area contributed by atoms with Crippen molar-refractivity contribution in [2.45, 2.75) is 0 Å². The Balaban J connectivity index is 1.75. The van der Waals surface area contributed by atoms with E-state index in [0.717, 1.165) is 0 Å². The first-order valence-corrected chi connectivity index (χ1v) is 7.80. The van der Waals surface area contributed by atoms with Gasteiger partial charge in [0.2, 0.25) is 11.3 Å². The van der Waals surface area contributed by atoms with Gasteiger partial charge in [0, 0.05) is 5.69 Å². The normalized spacial score (nSPS) is 10.1. The Labute approximate surface area is 152 Å². The molecule has 2 aromatic heterocycles. The molecule has 128 valence electrons. The lowest BCUT2D eigenvalue weighted by Crippen LogP contribution is -2.04. The number of benzene rings is 2. The summed E-state index contributed by atoms with van der Waals surface area (Å²) in [4.78, 5) is 8.74. The van der Waals surface area contributed by atoms with E-state index in [4.69, 9.17) is 5.26 Å². The van der Waals surface area contributed by atoms with Crippen LogP contribution >= 0.6 is 0 Å². The summed E-state index contributed by atoms with van der Waals surface area (Å²) in [6.45, 7) is 0. The Morgan fingerprint density at radius 2 is 1.44 bits per heavy atom. The molecule has 4 aromatic rings. The Kier molecular flexibility index (Phi) is 4.02. The van der Waals surface area contributed by atoms with Crippen LogP contribution in [0.1, 0.15) is 11.1 Å². The molecule has 0 aliphatic rings. The third-order valence-corrected chi connectivity index (χ3v) is 3.69. The molecule has 2 aromatic carbocycles. The smallest absolute Gasteiger partial charge is 0.245 e. The van der Waals surface area contributed by atoms with E-state index in [1.54, 1.807) is 48.5 Å². The molecule has 0 bridgehead atoms. The van der Waals surface area contributed by atoms with E-state index in [1.807, 2.05) is 0 Å². The zero-order valence-corrected chi connectivity index (χ0v) is 13.7. The molecule has 0 saturated heterocycles. The molecule has 0 amide bonds. The number of para-hydroxylation sites is 1. The summed E-state index contributed by atoms with van der Waals surface area (Å²) in [5, 5.41) is 31.8. The standard InChI is InChI=1S/C18H10N8O/c19-9-11-5-7-13(8-6-11)21-15-16(24-18-17(23-15)25-27-26-18)22-14-4-2-1-3-12(14)10-20/h1-8H,(H,21,23,25)(H,22,24,26). The van der Waals surface area contributed by atoms with Gasteiger partial charge in [-0.2, -0.15) is 10.5 Å². The van der Waals surface area contributed by atoms with Crippen molar-refractivity contribution in [2.24, 2.45) is 0 Å². The summed E-state index contributed by atoms with van der Waals surface area (Å²) in [7, 11) is 0. The van der Waals surface area contributed by atoms with E-state index < -0.39 is 0 Å². The molecule has 2 heterocycles. The summed E-state index contributed by atoms with van der Waals surface area (Å²) in [6, 6.07) is 18.1. The number of anilines is 4. The van der Waals surface area contributed by atoms with Crippen molar-refractivity contribution in [2.75, 3.05) is 10.6 Å². The number of nitrogens with zero attached hydrogens (tertiary/aromatic N) is 6. The van der Waals surface area contributed by atoms with Crippen LogP contribution in [0.5, 0.6) is 0 Å². The molecule has 2 N–H and O–H groups in total. The minimum Gasteiger partial charge on any atom is -0.337 e. The molecular formula is C18H10N8O. The second-order valence-electron chi connectivity index (χ2n) is 5.43. The first kappa shape index (κ1) is 16.0. The molecular weight excluding hydrogens is 344 g/mol. The largest absolute Gasteiger partial charge is 0.337 e. The fourth-order valence-corrected chi connectivity index (χ4v) is 2.39. The van der Waals surface area contributed by atoms with Crippen molar-refractivity contribution < 1.29 is 4.63 Å². The number of hydrogen-bond donors (Lipinski definition) is 2. The van der Waals surface area contributed by atoms with Crippen LogP contribution < -0.4 is 10.6 Å². The van der Waals surface area contributed by atoms with Gasteiger partial charge >= 0.3 is 0 Å². The summed E-state index contributed by atoms with van der Waals surface area (Å²) in [5.74, 6) is 0.723. The lowest BCUT2D eigenvalue weighted by atomic mass is 10.2. The predicted octanol–water partition coefficient (Wildman–Crippen LogP) is 3.24. The van der Waals surface area contributed by atoms with Crippen molar-refractivity contribution in [3.05, 3.63) is 59.7 Å². The van der Waals surface area contributed by atoms with Gasteiger partial charge in [0.25, 0.3) is 0 Å². The van der Waals surface area contributed by atoms with E-state index in [1.165, 1.54) is 0 Å². The third-order valence-electron chi connectivity index (χ3n) is 3.69. The van der Waals surface area contributed by atoms with E-state index in [9.17, 15) is 5.26 Å². The van der Waals surface area contributed by atoms with E-state index in [-0.39, 0.29) is 11.3 Å². The summed E-state index contributed by atoms with van der Waals surface area (Å²) in [6.07, 6.45) is 0. The number of nitrogens with one attached hydrogen (secondary N) is 2. The van der Waals surface area contributed by atoms with Gasteiger partial charge in [0.15, 0.2) is 11.6 Å². The third kappa shape index (κ3) is 3.21. The molecule has 0 fully saturated rings. The highest BCUT2D eigenvalue weighted by Crippen LogP contribution is 2.28. The minimum atomic E-state index is 0.234. The van der Waals surface area contributed by atoms with Crippen LogP contribution in [0.25, 0.3) is 11.3 Å². The molecule has 0 atom stereocenters. The van der Waals surface area contributed by atoms with Crippen LogP contribution in [0.4, 0.5) is 23.0 Å². The van der Waals surface area contributed by atoms with Gasteiger partial charge < -0.3 is 10.6 Å². The van der Waals surface area contributed by atoms with Crippen LogP contribution in [-0.2, 0) is 0 Å². The number of nitriles is 2. The summed E-state index contributed by atoms with van der Waals surface area (Å²) in [5.41, 5.74) is 2.76. The van der Waals surface area contributed by atoms with Crippen LogP contribution in [0, 0.1) is 22.7 Å². The number of rotatable bonds is 4. The van der Waals surface area contributed by atoms with Crippen LogP contribution in [0.2, 0.25) is 0 Å². The molecule has 0 unspecified atom stereocenters. The molecule has 9 nitrogen and oxygen atoms in total. The maximum absolute atomic E-state index is 9.28. The molecule has 0 spiro atoms. The predicted molar refractivity (Wildman–Crippen MR) is 96.3 cm³/mol. The highest BCUT2D eigenvalue weighted by atomic mass is 16.6. The van der Waals surface area contributed by atoms with E-state index in [0.29, 0.717) is 34.1 Å². The van der Waals surface area contributed by atoms with Crippen LogP contribution in [0.15, 0.2) is 53.2 Å². The zero-order valence-electron chi connectivity index (χ0n) is 13.7. The van der Waals surface area contributed by atoms with Crippen LogP contribution in [0.3, 0.4) is 0 Å². The minimum absolute atomic E-state index is 0.234. The van der Waals surface area contributed by atoms with Gasteiger partial charge in [-0.25, -0.2) is 14.6 Å². The Morgan fingerprint density at radius 1 is 0.778 bits per heavy atom. The highest BCUT2D eigenvalue weighted by Gasteiger charge is 2.14. The van der Waals surface area contributed by atoms with Crippen LogP contribution in [-0.4, -0.2) is 20.3 Å². The average Bonchev–Trinajstić information content (AvgIpc) is 3.16. The molecule has 9 heteroatoms. The molecule has 0 aliphatic carbocycles. The monoisotopic (exact) mass is 354 g/mol. The molecule has 27 heavy (non-hydrogen) atoms. The quantitative estimate of drug-likeness (QED) is 0.565. The van der Waals surface area contributed by atoms with Crippen molar-refractivity contribution in [3.63, 3.8) is 0 Å². The summed E-state index contributed by atoms with van der Waals surface area (Å²) >= 11 is 0. The van der Waals surface area contributed by atoms with Crippen molar-refractivity contribution >= 4 is 34.3 Å². The van der Waals surface area contributed by atoms with Crippen molar-refractivity contribution in [1.29, 1.82) is 10.5 Å². The second kappa shape index (κ2) is 6.78. The lowest BCUT2D eigenvalue weighted by Gasteiger charge is -2.12. The van der Waals surface area contributed by atoms with Gasteiger partial charge in [0.05, 0.1) is 22.9 Å². The number of hydrogen-bond acceptors (Lipinski definition) is 9. The van der Waals surface area contributed by atoms with Crippen molar-refractivity contribution in [1.82, 2.24) is 20.3 Å².